The number of nitro benzene ring substituents is 1. The van der Waals surface area contributed by atoms with E-state index < -0.39 is 16.4 Å². The number of rotatable bonds is 5. The summed E-state index contributed by atoms with van der Waals surface area (Å²) in [7, 11) is 0. The van der Waals surface area contributed by atoms with Gasteiger partial charge in [-0.3, -0.25) is 10.1 Å². The van der Waals surface area contributed by atoms with Gasteiger partial charge in [0, 0.05) is 12.6 Å². The maximum Gasteiger partial charge on any atom is 0.327 e. The number of nitrogens with zero attached hydrogens (tertiary/aromatic N) is 2. The molecule has 0 aliphatic heterocycles. The van der Waals surface area contributed by atoms with Gasteiger partial charge in [-0.05, 0) is 25.0 Å². The molecule has 1 aliphatic rings. The fourth-order valence-corrected chi connectivity index (χ4v) is 2.74. The molecule has 1 aliphatic carbocycles. The lowest BCUT2D eigenvalue weighted by atomic mass is 10.1. The summed E-state index contributed by atoms with van der Waals surface area (Å²) in [5.74, 6) is -0.830. The van der Waals surface area contributed by atoms with Crippen molar-refractivity contribution in [3.63, 3.8) is 0 Å². The molecule has 1 fully saturated rings. The smallest absolute Gasteiger partial charge is 0.327 e. The van der Waals surface area contributed by atoms with Crippen molar-refractivity contribution in [2.24, 2.45) is 0 Å². The van der Waals surface area contributed by atoms with Crippen LogP contribution in [0.15, 0.2) is 18.2 Å². The monoisotopic (exact) mass is 268 g/mol. The first-order valence-corrected chi connectivity index (χ1v) is 6.45. The minimum atomic E-state index is -0.830. The standard InChI is InChI=1S/C13H17FN2O3/c14-11-6-3-7-12(13(11)16(18)19)15(8-9-17)10-4-1-2-5-10/h3,6-7,10,17H,1-2,4-5,8-9H2. The van der Waals surface area contributed by atoms with Crippen molar-refractivity contribution in [2.45, 2.75) is 31.7 Å². The molecule has 1 aromatic carbocycles. The first-order chi connectivity index (χ1) is 9.15. The second kappa shape index (κ2) is 5.97. The third-order valence-corrected chi connectivity index (χ3v) is 3.56. The lowest BCUT2D eigenvalue weighted by Crippen LogP contribution is -2.36. The van der Waals surface area contributed by atoms with Crippen molar-refractivity contribution >= 4 is 11.4 Å². The van der Waals surface area contributed by atoms with Crippen molar-refractivity contribution in [3.8, 4) is 0 Å². The minimum absolute atomic E-state index is 0.107. The molecule has 1 saturated carbocycles. The molecule has 19 heavy (non-hydrogen) atoms. The maximum absolute atomic E-state index is 13.7. The number of aliphatic hydroxyl groups excluding tert-OH is 1. The molecule has 0 atom stereocenters. The Morgan fingerprint density at radius 1 is 1.42 bits per heavy atom. The quantitative estimate of drug-likeness (QED) is 0.658. The molecule has 0 radical (unpaired) electrons. The molecule has 0 bridgehead atoms. The SMILES string of the molecule is O=[N+]([O-])c1c(F)cccc1N(CCO)C1CCCC1. The van der Waals surface area contributed by atoms with E-state index in [9.17, 15) is 14.5 Å². The second-order valence-electron chi connectivity index (χ2n) is 4.72. The third kappa shape index (κ3) is 2.84. The first kappa shape index (κ1) is 13.7. The number of anilines is 1. The van der Waals surface area contributed by atoms with Crippen molar-refractivity contribution in [1.29, 1.82) is 0 Å². The number of hydrogen-bond acceptors (Lipinski definition) is 4. The zero-order valence-electron chi connectivity index (χ0n) is 10.6. The number of nitro groups is 1. The van der Waals surface area contributed by atoms with Crippen LogP contribution in [0.4, 0.5) is 15.8 Å². The van der Waals surface area contributed by atoms with E-state index in [0.29, 0.717) is 0 Å². The van der Waals surface area contributed by atoms with Gasteiger partial charge >= 0.3 is 5.69 Å². The first-order valence-electron chi connectivity index (χ1n) is 6.45. The summed E-state index contributed by atoms with van der Waals surface area (Å²) in [6, 6.07) is 4.26. The predicted molar refractivity (Wildman–Crippen MR) is 69.7 cm³/mol. The third-order valence-electron chi connectivity index (χ3n) is 3.56. The van der Waals surface area contributed by atoms with Crippen LogP contribution in [0.3, 0.4) is 0 Å². The van der Waals surface area contributed by atoms with E-state index in [1.807, 2.05) is 0 Å². The fraction of sp³-hybridized carbons (Fsp3) is 0.538. The normalized spacial score (nSPS) is 15.7. The summed E-state index contributed by atoms with van der Waals surface area (Å²) in [5, 5.41) is 20.2. The van der Waals surface area contributed by atoms with Crippen LogP contribution in [-0.4, -0.2) is 29.2 Å². The van der Waals surface area contributed by atoms with Gasteiger partial charge < -0.3 is 10.0 Å². The van der Waals surface area contributed by atoms with Gasteiger partial charge in [0.25, 0.3) is 0 Å². The van der Waals surface area contributed by atoms with Gasteiger partial charge in [0.15, 0.2) is 0 Å². The van der Waals surface area contributed by atoms with Crippen LogP contribution >= 0.6 is 0 Å². The molecular weight excluding hydrogens is 251 g/mol. The summed E-state index contributed by atoms with van der Waals surface area (Å²) in [5.41, 5.74) is -0.228. The van der Waals surface area contributed by atoms with Crippen LogP contribution < -0.4 is 4.90 Å². The van der Waals surface area contributed by atoms with Crippen LogP contribution in [0.5, 0.6) is 0 Å². The van der Waals surface area contributed by atoms with E-state index in [2.05, 4.69) is 0 Å². The molecule has 0 spiro atoms. The number of aliphatic hydroxyl groups is 1. The summed E-state index contributed by atoms with van der Waals surface area (Å²) >= 11 is 0. The molecule has 0 saturated heterocycles. The molecule has 1 N–H and O–H groups in total. The maximum atomic E-state index is 13.7. The van der Waals surface area contributed by atoms with Crippen LogP contribution in [0.1, 0.15) is 25.7 Å². The molecule has 0 aromatic heterocycles. The Labute approximate surface area is 110 Å². The topological polar surface area (TPSA) is 66.6 Å². The largest absolute Gasteiger partial charge is 0.395 e. The number of benzene rings is 1. The average molecular weight is 268 g/mol. The van der Waals surface area contributed by atoms with E-state index >= 15 is 0 Å². The molecule has 6 heteroatoms. The molecule has 0 unspecified atom stereocenters. The Kier molecular flexibility index (Phi) is 4.31. The highest BCUT2D eigenvalue weighted by Crippen LogP contribution is 2.35. The Morgan fingerprint density at radius 3 is 2.68 bits per heavy atom. The average Bonchev–Trinajstić information content (AvgIpc) is 2.88. The highest BCUT2D eigenvalue weighted by molar-refractivity contribution is 5.64. The van der Waals surface area contributed by atoms with E-state index in [-0.39, 0.29) is 24.9 Å². The molecule has 0 amide bonds. The zero-order valence-corrected chi connectivity index (χ0v) is 10.6. The molecule has 5 nitrogen and oxygen atoms in total. The summed E-state index contributed by atoms with van der Waals surface area (Å²) in [4.78, 5) is 12.1. The Balaban J connectivity index is 2.40. The van der Waals surface area contributed by atoms with Crippen molar-refractivity contribution in [2.75, 3.05) is 18.1 Å². The summed E-state index contributed by atoms with van der Waals surface area (Å²) < 4.78 is 13.7. The van der Waals surface area contributed by atoms with Gasteiger partial charge in [-0.2, -0.15) is 4.39 Å². The van der Waals surface area contributed by atoms with Gasteiger partial charge in [0.2, 0.25) is 5.82 Å². The predicted octanol–water partition coefficient (Wildman–Crippen LogP) is 2.48. The molecular formula is C13H17FN2O3. The highest BCUT2D eigenvalue weighted by atomic mass is 19.1. The molecule has 2 rings (SSSR count). The Morgan fingerprint density at radius 2 is 2.11 bits per heavy atom. The van der Waals surface area contributed by atoms with E-state index in [4.69, 9.17) is 5.11 Å². The lowest BCUT2D eigenvalue weighted by Gasteiger charge is -2.30. The number of para-hydroxylation sites is 1. The minimum Gasteiger partial charge on any atom is -0.395 e. The fourth-order valence-electron chi connectivity index (χ4n) is 2.74. The summed E-state index contributed by atoms with van der Waals surface area (Å²) in [6.07, 6.45) is 3.98. The van der Waals surface area contributed by atoms with E-state index in [1.165, 1.54) is 6.07 Å². The van der Waals surface area contributed by atoms with Gasteiger partial charge in [0.1, 0.15) is 5.69 Å². The molecule has 0 heterocycles. The van der Waals surface area contributed by atoms with Gasteiger partial charge in [-0.25, -0.2) is 0 Å². The van der Waals surface area contributed by atoms with E-state index in [0.717, 1.165) is 31.7 Å². The van der Waals surface area contributed by atoms with Crippen LogP contribution in [0.2, 0.25) is 0 Å². The Hall–Kier alpha value is -1.69. The number of hydrogen-bond donors (Lipinski definition) is 1. The van der Waals surface area contributed by atoms with Crippen LogP contribution in [-0.2, 0) is 0 Å². The molecule has 104 valence electrons. The van der Waals surface area contributed by atoms with Gasteiger partial charge in [-0.1, -0.05) is 18.9 Å². The second-order valence-corrected chi connectivity index (χ2v) is 4.72. The van der Waals surface area contributed by atoms with E-state index in [1.54, 1.807) is 11.0 Å². The van der Waals surface area contributed by atoms with Crippen molar-refractivity contribution in [3.05, 3.63) is 34.1 Å². The zero-order chi connectivity index (χ0) is 13.8. The van der Waals surface area contributed by atoms with Gasteiger partial charge in [0.05, 0.1) is 11.5 Å². The van der Waals surface area contributed by atoms with Crippen LogP contribution in [0.25, 0.3) is 0 Å². The van der Waals surface area contributed by atoms with Gasteiger partial charge in [-0.15, -0.1) is 0 Å². The lowest BCUT2D eigenvalue weighted by molar-refractivity contribution is -0.386. The highest BCUT2D eigenvalue weighted by Gasteiger charge is 2.29. The van der Waals surface area contributed by atoms with Crippen molar-refractivity contribution < 1.29 is 14.4 Å². The molecule has 1 aromatic rings. The summed E-state index contributed by atoms with van der Waals surface area (Å²) in [6.45, 7) is 0.180. The van der Waals surface area contributed by atoms with Crippen molar-refractivity contribution in [1.82, 2.24) is 0 Å². The number of halogens is 1. The van der Waals surface area contributed by atoms with Crippen LogP contribution in [0, 0.1) is 15.9 Å². The Bertz CT molecular complexity index is 461.